The quantitative estimate of drug-likeness (QED) is 0.369. The summed E-state index contributed by atoms with van der Waals surface area (Å²) in [7, 11) is 1.25. The molecule has 0 N–H and O–H groups in total. The third-order valence-corrected chi connectivity index (χ3v) is 3.79. The van der Waals surface area contributed by atoms with Crippen molar-refractivity contribution in [1.82, 2.24) is 4.90 Å². The standard InChI is InChI=1S/C17H27NO5/c1-22-16(20)10-11-17(21)23-14-8-3-2-6-12-18-13-7-4-5-9-15(18)19/h10-11H,2-9,12-14H2,1H3/b11-10-. The van der Waals surface area contributed by atoms with Crippen LogP contribution in [0.1, 0.15) is 51.4 Å². The molecule has 1 saturated heterocycles. The number of nitrogens with zero attached hydrogens (tertiary/aromatic N) is 1. The van der Waals surface area contributed by atoms with Gasteiger partial charge in [-0.1, -0.05) is 12.8 Å². The summed E-state index contributed by atoms with van der Waals surface area (Å²) >= 11 is 0. The monoisotopic (exact) mass is 325 g/mol. The average Bonchev–Trinajstić information content (AvgIpc) is 2.76. The van der Waals surface area contributed by atoms with Gasteiger partial charge in [-0.25, -0.2) is 9.59 Å². The van der Waals surface area contributed by atoms with Gasteiger partial charge in [0, 0.05) is 31.7 Å². The maximum atomic E-state index is 11.8. The molecule has 0 aromatic carbocycles. The van der Waals surface area contributed by atoms with Crippen molar-refractivity contribution in [3.05, 3.63) is 12.2 Å². The van der Waals surface area contributed by atoms with E-state index in [1.165, 1.54) is 7.11 Å². The number of amides is 1. The number of ether oxygens (including phenoxy) is 2. The lowest BCUT2D eigenvalue weighted by Gasteiger charge is -2.20. The molecule has 0 radical (unpaired) electrons. The van der Waals surface area contributed by atoms with Crippen molar-refractivity contribution in [2.24, 2.45) is 0 Å². The van der Waals surface area contributed by atoms with Gasteiger partial charge < -0.3 is 14.4 Å². The molecule has 0 spiro atoms. The molecule has 6 nitrogen and oxygen atoms in total. The van der Waals surface area contributed by atoms with Gasteiger partial charge in [0.2, 0.25) is 5.91 Å². The van der Waals surface area contributed by atoms with Gasteiger partial charge in [-0.05, 0) is 32.1 Å². The fraction of sp³-hybridized carbons (Fsp3) is 0.706. The Hall–Kier alpha value is -1.85. The number of hydrogen-bond donors (Lipinski definition) is 0. The van der Waals surface area contributed by atoms with Crippen molar-refractivity contribution in [3.8, 4) is 0 Å². The maximum Gasteiger partial charge on any atom is 0.331 e. The van der Waals surface area contributed by atoms with Crippen LogP contribution in [0.2, 0.25) is 0 Å². The lowest BCUT2D eigenvalue weighted by molar-refractivity contribution is -0.139. The van der Waals surface area contributed by atoms with Crippen molar-refractivity contribution in [3.63, 3.8) is 0 Å². The number of carbonyl (C=O) groups is 3. The van der Waals surface area contributed by atoms with Crippen molar-refractivity contribution in [2.45, 2.75) is 51.4 Å². The molecule has 130 valence electrons. The largest absolute Gasteiger partial charge is 0.466 e. The zero-order valence-electron chi connectivity index (χ0n) is 13.9. The van der Waals surface area contributed by atoms with E-state index in [0.717, 1.165) is 70.2 Å². The number of esters is 2. The lowest BCUT2D eigenvalue weighted by Crippen LogP contribution is -2.31. The van der Waals surface area contributed by atoms with E-state index in [4.69, 9.17) is 4.74 Å². The Morgan fingerprint density at radius 3 is 2.57 bits per heavy atom. The molecule has 1 fully saturated rings. The molecule has 1 heterocycles. The van der Waals surface area contributed by atoms with E-state index < -0.39 is 11.9 Å². The number of likely N-dealkylation sites (tertiary alicyclic amines) is 1. The SMILES string of the molecule is COC(=O)/C=C\C(=O)OCCCCCCN1CCCCCC1=O. The van der Waals surface area contributed by atoms with Crippen LogP contribution < -0.4 is 0 Å². The molecule has 1 amide bonds. The summed E-state index contributed by atoms with van der Waals surface area (Å²) in [5.74, 6) is -0.829. The van der Waals surface area contributed by atoms with E-state index in [0.29, 0.717) is 13.0 Å². The van der Waals surface area contributed by atoms with Gasteiger partial charge in [0.1, 0.15) is 0 Å². The normalized spacial score (nSPS) is 15.5. The summed E-state index contributed by atoms with van der Waals surface area (Å²) in [4.78, 5) is 35.9. The summed E-state index contributed by atoms with van der Waals surface area (Å²) in [5, 5.41) is 0. The number of rotatable bonds is 9. The second-order valence-corrected chi connectivity index (χ2v) is 5.63. The van der Waals surface area contributed by atoms with E-state index in [-0.39, 0.29) is 5.91 Å². The van der Waals surface area contributed by atoms with Gasteiger partial charge in [-0.15, -0.1) is 0 Å². The Kier molecular flexibility index (Phi) is 9.75. The topological polar surface area (TPSA) is 72.9 Å². The predicted molar refractivity (Wildman–Crippen MR) is 85.6 cm³/mol. The fourth-order valence-corrected chi connectivity index (χ4v) is 2.46. The fourth-order valence-electron chi connectivity index (χ4n) is 2.46. The van der Waals surface area contributed by atoms with Crippen LogP contribution in [0, 0.1) is 0 Å². The van der Waals surface area contributed by atoms with Gasteiger partial charge in [0.05, 0.1) is 13.7 Å². The molecule has 0 bridgehead atoms. The Balaban J connectivity index is 2.00. The summed E-state index contributed by atoms with van der Waals surface area (Å²) in [5.41, 5.74) is 0. The number of carbonyl (C=O) groups excluding carboxylic acids is 3. The molecule has 1 rings (SSSR count). The van der Waals surface area contributed by atoms with E-state index >= 15 is 0 Å². The number of hydrogen-bond acceptors (Lipinski definition) is 5. The van der Waals surface area contributed by atoms with Crippen LogP contribution in [0.3, 0.4) is 0 Å². The molecule has 0 saturated carbocycles. The molecule has 1 aliphatic rings. The Morgan fingerprint density at radius 2 is 1.78 bits per heavy atom. The van der Waals surface area contributed by atoms with Gasteiger partial charge in [-0.2, -0.15) is 0 Å². The Bertz CT molecular complexity index is 419. The Morgan fingerprint density at radius 1 is 1.04 bits per heavy atom. The highest BCUT2D eigenvalue weighted by Crippen LogP contribution is 2.12. The first-order valence-corrected chi connectivity index (χ1v) is 8.34. The van der Waals surface area contributed by atoms with E-state index in [9.17, 15) is 14.4 Å². The average molecular weight is 325 g/mol. The predicted octanol–water partition coefficient (Wildman–Crippen LogP) is 2.22. The Labute approximate surface area is 137 Å². The zero-order chi connectivity index (χ0) is 16.9. The minimum atomic E-state index is -0.579. The highest BCUT2D eigenvalue weighted by molar-refractivity contribution is 5.91. The van der Waals surface area contributed by atoms with Crippen LogP contribution in [0.5, 0.6) is 0 Å². The summed E-state index contributed by atoms with van der Waals surface area (Å²) < 4.78 is 9.34. The van der Waals surface area contributed by atoms with Crippen LogP contribution in [-0.4, -0.2) is 49.6 Å². The summed E-state index contributed by atoms with van der Waals surface area (Å²) in [6.45, 7) is 2.07. The summed E-state index contributed by atoms with van der Waals surface area (Å²) in [6, 6.07) is 0. The van der Waals surface area contributed by atoms with E-state index in [2.05, 4.69) is 4.74 Å². The first-order chi connectivity index (χ1) is 11.1. The van der Waals surface area contributed by atoms with Crippen molar-refractivity contribution in [1.29, 1.82) is 0 Å². The molecule has 0 aromatic heterocycles. The molecule has 1 aliphatic heterocycles. The third-order valence-electron chi connectivity index (χ3n) is 3.79. The summed E-state index contributed by atoms with van der Waals surface area (Å²) in [6.07, 6.45) is 9.82. The molecule has 0 aliphatic carbocycles. The number of unbranched alkanes of at least 4 members (excludes halogenated alkanes) is 3. The van der Waals surface area contributed by atoms with E-state index in [1.807, 2.05) is 4.90 Å². The van der Waals surface area contributed by atoms with Crippen LogP contribution in [0.4, 0.5) is 0 Å². The molecule has 23 heavy (non-hydrogen) atoms. The zero-order valence-corrected chi connectivity index (χ0v) is 13.9. The molecule has 0 aromatic rings. The van der Waals surface area contributed by atoms with Gasteiger partial charge in [0.25, 0.3) is 0 Å². The molecular weight excluding hydrogens is 298 g/mol. The smallest absolute Gasteiger partial charge is 0.331 e. The first kappa shape index (κ1) is 19.2. The molecule has 6 heteroatoms. The number of methoxy groups -OCH3 is 1. The second-order valence-electron chi connectivity index (χ2n) is 5.63. The van der Waals surface area contributed by atoms with Gasteiger partial charge >= 0.3 is 11.9 Å². The highest BCUT2D eigenvalue weighted by Gasteiger charge is 2.15. The minimum absolute atomic E-state index is 0.286. The van der Waals surface area contributed by atoms with Crippen LogP contribution in [0.25, 0.3) is 0 Å². The highest BCUT2D eigenvalue weighted by atomic mass is 16.5. The van der Waals surface area contributed by atoms with Gasteiger partial charge in [0.15, 0.2) is 0 Å². The van der Waals surface area contributed by atoms with Crippen LogP contribution in [-0.2, 0) is 23.9 Å². The minimum Gasteiger partial charge on any atom is -0.466 e. The molecule has 0 unspecified atom stereocenters. The third kappa shape index (κ3) is 9.01. The lowest BCUT2D eigenvalue weighted by atomic mass is 10.2. The second kappa shape index (κ2) is 11.7. The van der Waals surface area contributed by atoms with Crippen LogP contribution >= 0.6 is 0 Å². The van der Waals surface area contributed by atoms with Crippen LogP contribution in [0.15, 0.2) is 12.2 Å². The van der Waals surface area contributed by atoms with E-state index in [1.54, 1.807) is 0 Å². The van der Waals surface area contributed by atoms with Crippen molar-refractivity contribution in [2.75, 3.05) is 26.8 Å². The molecule has 0 atom stereocenters. The van der Waals surface area contributed by atoms with Gasteiger partial charge in [-0.3, -0.25) is 4.79 Å². The van der Waals surface area contributed by atoms with Crippen molar-refractivity contribution >= 4 is 17.8 Å². The first-order valence-electron chi connectivity index (χ1n) is 8.34. The maximum absolute atomic E-state index is 11.8. The van der Waals surface area contributed by atoms with Crippen molar-refractivity contribution < 1.29 is 23.9 Å². The molecular formula is C17H27NO5.